The van der Waals surface area contributed by atoms with Crippen LogP contribution in [0.1, 0.15) is 44.2 Å². The maximum absolute atomic E-state index is 12.5. The molecule has 3 rings (SSSR count). The summed E-state index contributed by atoms with van der Waals surface area (Å²) in [5, 5.41) is 17.0. The van der Waals surface area contributed by atoms with Crippen LogP contribution in [0.5, 0.6) is 0 Å². The van der Waals surface area contributed by atoms with Crippen LogP contribution in [-0.2, 0) is 11.2 Å². The first-order chi connectivity index (χ1) is 9.75. The monoisotopic (exact) mass is 277 g/mol. The van der Waals surface area contributed by atoms with Gasteiger partial charge < -0.3 is 10.0 Å². The van der Waals surface area contributed by atoms with Crippen molar-refractivity contribution in [3.63, 3.8) is 0 Å². The molecule has 2 aliphatic rings. The third-order valence-electron chi connectivity index (χ3n) is 4.80. The Kier molecular flexibility index (Phi) is 4.05. The fourth-order valence-electron chi connectivity index (χ4n) is 3.78. The standard InChI is InChI=1S/C15H23N3O2/c19-14-6-2-1-4-12(14)13-5-3-9-18(13)15(20)10-11-7-8-16-17-11/h7-8,12-14,19H,1-6,9-10H2,(H,16,17). The SMILES string of the molecule is O=C(Cc1ccn[nH]1)N1CCCC1C1CCCCC1O. The van der Waals surface area contributed by atoms with E-state index in [4.69, 9.17) is 0 Å². The molecule has 1 amide bonds. The van der Waals surface area contributed by atoms with Gasteiger partial charge in [-0.3, -0.25) is 9.89 Å². The number of hydrogen-bond donors (Lipinski definition) is 2. The van der Waals surface area contributed by atoms with Crippen molar-refractivity contribution in [1.29, 1.82) is 0 Å². The van der Waals surface area contributed by atoms with Gasteiger partial charge in [0.15, 0.2) is 0 Å². The van der Waals surface area contributed by atoms with Crippen molar-refractivity contribution < 1.29 is 9.90 Å². The van der Waals surface area contributed by atoms with Crippen LogP contribution in [0.2, 0.25) is 0 Å². The van der Waals surface area contributed by atoms with Gasteiger partial charge in [-0.25, -0.2) is 0 Å². The Morgan fingerprint density at radius 1 is 1.35 bits per heavy atom. The van der Waals surface area contributed by atoms with Gasteiger partial charge in [-0.15, -0.1) is 0 Å². The molecule has 0 aromatic carbocycles. The van der Waals surface area contributed by atoms with E-state index in [1.807, 2.05) is 11.0 Å². The van der Waals surface area contributed by atoms with E-state index >= 15 is 0 Å². The summed E-state index contributed by atoms with van der Waals surface area (Å²) in [6.07, 6.45) is 8.18. The minimum Gasteiger partial charge on any atom is -0.393 e. The topological polar surface area (TPSA) is 69.2 Å². The number of carbonyl (C=O) groups excluding carboxylic acids is 1. The van der Waals surface area contributed by atoms with Gasteiger partial charge in [0.1, 0.15) is 0 Å². The number of aromatic nitrogens is 2. The van der Waals surface area contributed by atoms with Gasteiger partial charge in [0.25, 0.3) is 0 Å². The summed E-state index contributed by atoms with van der Waals surface area (Å²) in [5.41, 5.74) is 0.866. The van der Waals surface area contributed by atoms with Gasteiger partial charge in [-0.05, 0) is 31.7 Å². The number of nitrogens with one attached hydrogen (secondary N) is 1. The minimum absolute atomic E-state index is 0.162. The van der Waals surface area contributed by atoms with Crippen LogP contribution in [0.25, 0.3) is 0 Å². The summed E-state index contributed by atoms with van der Waals surface area (Å²) in [6, 6.07) is 2.08. The van der Waals surface area contributed by atoms with Crippen molar-refractivity contribution in [1.82, 2.24) is 15.1 Å². The molecule has 1 aromatic rings. The van der Waals surface area contributed by atoms with Crippen LogP contribution in [0.3, 0.4) is 0 Å². The summed E-state index contributed by atoms with van der Waals surface area (Å²) >= 11 is 0. The maximum Gasteiger partial charge on any atom is 0.228 e. The number of hydrogen-bond acceptors (Lipinski definition) is 3. The zero-order chi connectivity index (χ0) is 13.9. The molecule has 0 spiro atoms. The van der Waals surface area contributed by atoms with Crippen molar-refractivity contribution in [2.45, 2.75) is 57.1 Å². The van der Waals surface area contributed by atoms with E-state index in [1.165, 1.54) is 6.42 Å². The lowest BCUT2D eigenvalue weighted by molar-refractivity contribution is -0.133. The predicted octanol–water partition coefficient (Wildman–Crippen LogP) is 1.49. The van der Waals surface area contributed by atoms with Gasteiger partial charge >= 0.3 is 0 Å². The van der Waals surface area contributed by atoms with Crippen molar-refractivity contribution in [3.8, 4) is 0 Å². The number of H-pyrrole nitrogens is 1. The number of rotatable bonds is 3. The summed E-state index contributed by atoms with van der Waals surface area (Å²) in [6.45, 7) is 0.834. The lowest BCUT2D eigenvalue weighted by atomic mass is 9.80. The highest BCUT2D eigenvalue weighted by Crippen LogP contribution is 2.34. The Balaban J connectivity index is 1.66. The molecular formula is C15H23N3O2. The predicted molar refractivity (Wildman–Crippen MR) is 75.0 cm³/mol. The van der Waals surface area contributed by atoms with Crippen LogP contribution >= 0.6 is 0 Å². The molecule has 20 heavy (non-hydrogen) atoms. The Labute approximate surface area is 119 Å². The van der Waals surface area contributed by atoms with E-state index in [2.05, 4.69) is 10.2 Å². The zero-order valence-corrected chi connectivity index (χ0v) is 11.8. The maximum atomic E-state index is 12.5. The van der Waals surface area contributed by atoms with Gasteiger partial charge in [-0.2, -0.15) is 5.10 Å². The molecule has 2 N–H and O–H groups in total. The third-order valence-corrected chi connectivity index (χ3v) is 4.80. The zero-order valence-electron chi connectivity index (χ0n) is 11.8. The fraction of sp³-hybridized carbons (Fsp3) is 0.733. The van der Waals surface area contributed by atoms with Gasteiger partial charge in [0.2, 0.25) is 5.91 Å². The second kappa shape index (κ2) is 5.95. The molecule has 5 heteroatoms. The largest absolute Gasteiger partial charge is 0.393 e. The summed E-state index contributed by atoms with van der Waals surface area (Å²) < 4.78 is 0. The highest BCUT2D eigenvalue weighted by Gasteiger charge is 2.38. The van der Waals surface area contributed by atoms with E-state index < -0.39 is 0 Å². The lowest BCUT2D eigenvalue weighted by Crippen LogP contribution is -2.45. The molecule has 2 fully saturated rings. The van der Waals surface area contributed by atoms with Gasteiger partial charge in [0, 0.05) is 30.4 Å². The van der Waals surface area contributed by atoms with E-state index in [9.17, 15) is 9.90 Å². The first-order valence-electron chi connectivity index (χ1n) is 7.71. The molecular weight excluding hydrogens is 254 g/mol. The lowest BCUT2D eigenvalue weighted by Gasteiger charge is -2.37. The molecule has 1 saturated heterocycles. The van der Waals surface area contributed by atoms with E-state index in [1.54, 1.807) is 6.20 Å². The van der Waals surface area contributed by atoms with E-state index in [0.29, 0.717) is 6.42 Å². The molecule has 110 valence electrons. The van der Waals surface area contributed by atoms with Gasteiger partial charge in [0.05, 0.1) is 12.5 Å². The molecule has 3 atom stereocenters. The first kappa shape index (κ1) is 13.6. The Bertz CT molecular complexity index is 446. The van der Waals surface area contributed by atoms with Crippen LogP contribution in [-0.4, -0.2) is 44.8 Å². The number of nitrogens with zero attached hydrogens (tertiary/aromatic N) is 2. The van der Waals surface area contributed by atoms with Crippen molar-refractivity contribution in [2.75, 3.05) is 6.54 Å². The summed E-state index contributed by atoms with van der Waals surface area (Å²) in [4.78, 5) is 14.5. The summed E-state index contributed by atoms with van der Waals surface area (Å²) in [7, 11) is 0. The molecule has 1 saturated carbocycles. The number of likely N-dealkylation sites (tertiary alicyclic amines) is 1. The Morgan fingerprint density at radius 3 is 2.95 bits per heavy atom. The normalized spacial score (nSPS) is 30.6. The number of amides is 1. The average Bonchev–Trinajstić information content (AvgIpc) is 3.09. The Hall–Kier alpha value is -1.36. The molecule has 0 bridgehead atoms. The quantitative estimate of drug-likeness (QED) is 0.879. The van der Waals surface area contributed by atoms with Crippen LogP contribution in [0.4, 0.5) is 0 Å². The molecule has 0 radical (unpaired) electrons. The molecule has 1 aliphatic carbocycles. The van der Waals surface area contributed by atoms with E-state index in [0.717, 1.165) is 44.3 Å². The van der Waals surface area contributed by atoms with E-state index in [-0.39, 0.29) is 24.0 Å². The number of aliphatic hydroxyl groups is 1. The number of aromatic amines is 1. The van der Waals surface area contributed by atoms with Crippen molar-refractivity contribution in [3.05, 3.63) is 18.0 Å². The second-order valence-corrected chi connectivity index (χ2v) is 6.07. The molecule has 5 nitrogen and oxygen atoms in total. The second-order valence-electron chi connectivity index (χ2n) is 6.07. The highest BCUT2D eigenvalue weighted by molar-refractivity contribution is 5.79. The van der Waals surface area contributed by atoms with Crippen molar-refractivity contribution >= 4 is 5.91 Å². The fourth-order valence-corrected chi connectivity index (χ4v) is 3.78. The Morgan fingerprint density at radius 2 is 2.20 bits per heavy atom. The number of carbonyl (C=O) groups is 1. The molecule has 1 aliphatic heterocycles. The third kappa shape index (κ3) is 2.73. The van der Waals surface area contributed by atoms with Crippen LogP contribution < -0.4 is 0 Å². The smallest absolute Gasteiger partial charge is 0.228 e. The average molecular weight is 277 g/mol. The summed E-state index contributed by atoms with van der Waals surface area (Å²) in [5.74, 6) is 0.437. The highest BCUT2D eigenvalue weighted by atomic mass is 16.3. The minimum atomic E-state index is -0.227. The van der Waals surface area contributed by atoms with Crippen molar-refractivity contribution in [2.24, 2.45) is 5.92 Å². The number of aliphatic hydroxyl groups excluding tert-OH is 1. The van der Waals surface area contributed by atoms with Gasteiger partial charge in [-0.1, -0.05) is 12.8 Å². The molecule has 2 heterocycles. The first-order valence-corrected chi connectivity index (χ1v) is 7.71. The molecule has 3 unspecified atom stereocenters. The molecule has 1 aromatic heterocycles. The van der Waals surface area contributed by atoms with Crippen LogP contribution in [0, 0.1) is 5.92 Å². The van der Waals surface area contributed by atoms with Crippen LogP contribution in [0.15, 0.2) is 12.3 Å².